The van der Waals surface area contributed by atoms with Crippen LogP contribution in [-0.4, -0.2) is 12.2 Å². The van der Waals surface area contributed by atoms with E-state index in [1.54, 1.807) is 0 Å². The normalized spacial score (nSPS) is 20.2. The third-order valence-electron chi connectivity index (χ3n) is 5.83. The van der Waals surface area contributed by atoms with Crippen LogP contribution < -0.4 is 0 Å². The lowest BCUT2D eigenvalue weighted by molar-refractivity contribution is -0.141. The summed E-state index contributed by atoms with van der Waals surface area (Å²) >= 11 is 0. The van der Waals surface area contributed by atoms with Gasteiger partial charge >= 0.3 is 0 Å². The van der Waals surface area contributed by atoms with Crippen molar-refractivity contribution in [1.29, 1.82) is 0 Å². The molecule has 132 valence electrons. The van der Waals surface area contributed by atoms with E-state index in [-0.39, 0.29) is 5.60 Å². The van der Waals surface area contributed by atoms with E-state index in [9.17, 15) is 0 Å². The Bertz CT molecular complexity index is 229. The van der Waals surface area contributed by atoms with E-state index in [1.165, 1.54) is 89.9 Å². The molecule has 1 aliphatic rings. The second-order valence-corrected chi connectivity index (χ2v) is 7.87. The molecule has 0 aromatic rings. The van der Waals surface area contributed by atoms with Crippen LogP contribution in [0.4, 0.5) is 0 Å². The zero-order chi connectivity index (χ0) is 16.3. The minimum atomic E-state index is 0.214. The summed E-state index contributed by atoms with van der Waals surface area (Å²) in [5, 5.41) is 0. The van der Waals surface area contributed by atoms with Crippen molar-refractivity contribution in [3.8, 4) is 0 Å². The van der Waals surface area contributed by atoms with Gasteiger partial charge in [-0.3, -0.25) is 0 Å². The van der Waals surface area contributed by atoms with Gasteiger partial charge in [0.05, 0.1) is 5.60 Å². The second kappa shape index (κ2) is 10.7. The van der Waals surface area contributed by atoms with Gasteiger partial charge in [-0.25, -0.2) is 0 Å². The Morgan fingerprint density at radius 3 is 1.59 bits per heavy atom. The summed E-state index contributed by atoms with van der Waals surface area (Å²) in [5.41, 5.74) is 0.803. The highest BCUT2D eigenvalue weighted by atomic mass is 16.5. The fourth-order valence-corrected chi connectivity index (χ4v) is 4.41. The van der Waals surface area contributed by atoms with Gasteiger partial charge < -0.3 is 4.74 Å². The Labute approximate surface area is 140 Å². The van der Waals surface area contributed by atoms with Gasteiger partial charge in [-0.15, -0.1) is 0 Å². The van der Waals surface area contributed by atoms with Crippen molar-refractivity contribution in [2.75, 3.05) is 6.61 Å². The van der Waals surface area contributed by atoms with Crippen molar-refractivity contribution < 1.29 is 4.74 Å². The van der Waals surface area contributed by atoms with Gasteiger partial charge in [0.1, 0.15) is 0 Å². The Kier molecular flexibility index (Phi) is 9.71. The maximum atomic E-state index is 6.48. The molecule has 1 nitrogen and oxygen atoms in total. The molecule has 22 heavy (non-hydrogen) atoms. The quantitative estimate of drug-likeness (QED) is 0.368. The van der Waals surface area contributed by atoms with Gasteiger partial charge in [-0.05, 0) is 43.9 Å². The summed E-state index contributed by atoms with van der Waals surface area (Å²) in [6.07, 6.45) is 18.9. The average Bonchev–Trinajstić information content (AvgIpc) is 2.55. The van der Waals surface area contributed by atoms with Crippen LogP contribution in [0.1, 0.15) is 118 Å². The van der Waals surface area contributed by atoms with Crippen LogP contribution >= 0.6 is 0 Å². The molecule has 1 saturated heterocycles. The van der Waals surface area contributed by atoms with Crippen molar-refractivity contribution in [1.82, 2.24) is 0 Å². The molecule has 0 bridgehead atoms. The third-order valence-corrected chi connectivity index (χ3v) is 5.83. The van der Waals surface area contributed by atoms with Crippen LogP contribution in [0.2, 0.25) is 0 Å². The van der Waals surface area contributed by atoms with Gasteiger partial charge in [0.25, 0.3) is 0 Å². The minimum Gasteiger partial charge on any atom is -0.375 e. The van der Waals surface area contributed by atoms with Crippen molar-refractivity contribution >= 4 is 0 Å². The van der Waals surface area contributed by atoms with Crippen molar-refractivity contribution in [2.45, 2.75) is 123 Å². The lowest BCUT2D eigenvalue weighted by Crippen LogP contribution is -2.45. The Balaban J connectivity index is 2.82. The average molecular weight is 311 g/mol. The maximum Gasteiger partial charge on any atom is 0.0687 e. The van der Waals surface area contributed by atoms with Gasteiger partial charge in [0.15, 0.2) is 0 Å². The largest absolute Gasteiger partial charge is 0.375 e. The Hall–Kier alpha value is -0.0400. The molecule has 0 aromatic heterocycles. The molecule has 0 radical (unpaired) electrons. The van der Waals surface area contributed by atoms with E-state index in [0.717, 1.165) is 6.61 Å². The summed E-state index contributed by atoms with van der Waals surface area (Å²) < 4.78 is 6.48. The first-order chi connectivity index (χ1) is 10.7. The summed E-state index contributed by atoms with van der Waals surface area (Å²) in [6.45, 7) is 10.3. The van der Waals surface area contributed by atoms with Gasteiger partial charge in [0, 0.05) is 6.61 Å². The predicted molar refractivity (Wildman–Crippen MR) is 98.5 cm³/mol. The molecule has 0 atom stereocenters. The molecular weight excluding hydrogens is 268 g/mol. The highest BCUT2D eigenvalue weighted by molar-refractivity contribution is 4.95. The first kappa shape index (κ1) is 20.0. The van der Waals surface area contributed by atoms with E-state index < -0.39 is 0 Å². The van der Waals surface area contributed by atoms with Gasteiger partial charge in [-0.1, -0.05) is 79.1 Å². The van der Waals surface area contributed by atoms with E-state index in [0.29, 0.717) is 5.41 Å². The highest BCUT2D eigenvalue weighted by Gasteiger charge is 2.44. The zero-order valence-electron chi connectivity index (χ0n) is 16.0. The Morgan fingerprint density at radius 2 is 1.14 bits per heavy atom. The number of rotatable bonds is 12. The Morgan fingerprint density at radius 1 is 0.682 bits per heavy atom. The molecule has 0 N–H and O–H groups in total. The summed E-state index contributed by atoms with van der Waals surface area (Å²) in [5.74, 6) is 0. The monoisotopic (exact) mass is 310 g/mol. The molecule has 0 amide bonds. The van der Waals surface area contributed by atoms with Crippen molar-refractivity contribution in [3.05, 3.63) is 0 Å². The fourth-order valence-electron chi connectivity index (χ4n) is 4.41. The molecule has 1 heteroatoms. The lowest BCUT2D eigenvalue weighted by atomic mass is 9.65. The molecular formula is C21H42O. The molecule has 0 aliphatic carbocycles. The van der Waals surface area contributed by atoms with E-state index in [4.69, 9.17) is 4.74 Å². The van der Waals surface area contributed by atoms with E-state index >= 15 is 0 Å². The smallest absolute Gasteiger partial charge is 0.0687 e. The van der Waals surface area contributed by atoms with Gasteiger partial charge in [-0.2, -0.15) is 0 Å². The topological polar surface area (TPSA) is 9.23 Å². The number of unbranched alkanes of at least 4 members (excludes halogenated alkanes) is 4. The van der Waals surface area contributed by atoms with Crippen LogP contribution in [0.5, 0.6) is 0 Å². The van der Waals surface area contributed by atoms with Gasteiger partial charge in [0.2, 0.25) is 0 Å². The van der Waals surface area contributed by atoms with Crippen LogP contribution in [0.15, 0.2) is 0 Å². The van der Waals surface area contributed by atoms with Crippen LogP contribution in [0.3, 0.4) is 0 Å². The maximum absolute atomic E-state index is 6.48. The predicted octanol–water partition coefficient (Wildman–Crippen LogP) is 7.28. The fraction of sp³-hybridized carbons (Fsp3) is 1.00. The third kappa shape index (κ3) is 6.22. The zero-order valence-corrected chi connectivity index (χ0v) is 16.0. The molecule has 0 saturated carbocycles. The second-order valence-electron chi connectivity index (χ2n) is 7.87. The molecule has 0 aromatic carbocycles. The summed E-state index contributed by atoms with van der Waals surface area (Å²) in [6, 6.07) is 0. The first-order valence-corrected chi connectivity index (χ1v) is 10.3. The highest BCUT2D eigenvalue weighted by Crippen LogP contribution is 2.49. The summed E-state index contributed by atoms with van der Waals surface area (Å²) in [7, 11) is 0. The summed E-state index contributed by atoms with van der Waals surface area (Å²) in [4.78, 5) is 0. The number of hydrogen-bond donors (Lipinski definition) is 0. The molecule has 1 aliphatic heterocycles. The van der Waals surface area contributed by atoms with Crippen LogP contribution in [0, 0.1) is 5.41 Å². The van der Waals surface area contributed by atoms with E-state index in [1.807, 2.05) is 0 Å². The van der Waals surface area contributed by atoms with Crippen LogP contribution in [-0.2, 0) is 4.74 Å². The molecule has 0 unspecified atom stereocenters. The van der Waals surface area contributed by atoms with E-state index in [2.05, 4.69) is 27.7 Å². The first-order valence-electron chi connectivity index (χ1n) is 10.3. The molecule has 1 heterocycles. The number of hydrogen-bond acceptors (Lipinski definition) is 1. The lowest BCUT2D eigenvalue weighted by Gasteiger charge is -2.49. The standard InChI is InChI=1S/C21H42O/c1-5-9-13-20(14-10-6-2)17-18-22-21(19-20,15-11-7-3)16-12-8-4/h5-19H2,1-4H3. The van der Waals surface area contributed by atoms with Crippen molar-refractivity contribution in [3.63, 3.8) is 0 Å². The molecule has 0 spiro atoms. The van der Waals surface area contributed by atoms with Crippen LogP contribution in [0.25, 0.3) is 0 Å². The SMILES string of the molecule is CCCCC1(CCCC)CCOC(CCCC)(CCCC)C1. The minimum absolute atomic E-state index is 0.214. The van der Waals surface area contributed by atoms with Crippen molar-refractivity contribution in [2.24, 2.45) is 5.41 Å². The number of ether oxygens (including phenoxy) is 1. The molecule has 1 rings (SSSR count). The molecule has 1 fully saturated rings.